The quantitative estimate of drug-likeness (QED) is 0.551. The Kier molecular flexibility index (Phi) is 8.34. The highest BCUT2D eigenvalue weighted by molar-refractivity contribution is 6.05. The maximum absolute atomic E-state index is 12.7. The van der Waals surface area contributed by atoms with Gasteiger partial charge in [-0.25, -0.2) is 0 Å². The highest BCUT2D eigenvalue weighted by Crippen LogP contribution is 2.40. The SMILES string of the molecule is CCCCN1CC(C(=O)Nc2ccc(C(=O)Nc3cc(OC)c(OC)c(OC)c3)cc2)CC1=O. The van der Waals surface area contributed by atoms with Gasteiger partial charge in [-0.05, 0) is 30.7 Å². The van der Waals surface area contributed by atoms with Crippen molar-refractivity contribution >= 4 is 29.1 Å². The Morgan fingerprint density at radius 3 is 2.18 bits per heavy atom. The molecule has 182 valence electrons. The van der Waals surface area contributed by atoms with Crippen molar-refractivity contribution in [3.8, 4) is 17.2 Å². The van der Waals surface area contributed by atoms with Crippen LogP contribution in [0.1, 0.15) is 36.5 Å². The zero-order valence-corrected chi connectivity index (χ0v) is 20.0. The fourth-order valence-electron chi connectivity index (χ4n) is 3.82. The van der Waals surface area contributed by atoms with Gasteiger partial charge in [0.25, 0.3) is 5.91 Å². The molecule has 2 aromatic carbocycles. The van der Waals surface area contributed by atoms with Crippen LogP contribution in [-0.4, -0.2) is 57.0 Å². The number of benzene rings is 2. The van der Waals surface area contributed by atoms with E-state index in [1.165, 1.54) is 21.3 Å². The number of ether oxygens (including phenoxy) is 3. The third-order valence-corrected chi connectivity index (χ3v) is 5.70. The number of likely N-dealkylation sites (tertiary alicyclic amines) is 1. The van der Waals surface area contributed by atoms with E-state index >= 15 is 0 Å². The number of hydrogen-bond acceptors (Lipinski definition) is 6. The number of methoxy groups -OCH3 is 3. The number of nitrogens with zero attached hydrogens (tertiary/aromatic N) is 1. The second-order valence-electron chi connectivity index (χ2n) is 8.03. The molecular weight excluding hydrogens is 438 g/mol. The molecule has 1 atom stereocenters. The number of carbonyl (C=O) groups excluding carboxylic acids is 3. The Balaban J connectivity index is 1.62. The first-order chi connectivity index (χ1) is 16.4. The molecule has 0 saturated carbocycles. The number of nitrogens with one attached hydrogen (secondary N) is 2. The molecule has 1 heterocycles. The van der Waals surface area contributed by atoms with Crippen LogP contribution < -0.4 is 24.8 Å². The van der Waals surface area contributed by atoms with Crippen LogP contribution in [0.5, 0.6) is 17.2 Å². The minimum absolute atomic E-state index is 0.0208. The first kappa shape index (κ1) is 24.9. The molecule has 3 amide bonds. The molecule has 34 heavy (non-hydrogen) atoms. The van der Waals surface area contributed by atoms with Gasteiger partial charge in [0.15, 0.2) is 11.5 Å². The number of carbonyl (C=O) groups is 3. The summed E-state index contributed by atoms with van der Waals surface area (Å²) in [6.07, 6.45) is 2.16. The fourth-order valence-corrected chi connectivity index (χ4v) is 3.82. The summed E-state index contributed by atoms with van der Waals surface area (Å²) in [7, 11) is 4.51. The van der Waals surface area contributed by atoms with E-state index < -0.39 is 0 Å². The lowest BCUT2D eigenvalue weighted by molar-refractivity contribution is -0.128. The van der Waals surface area contributed by atoms with Gasteiger partial charge in [-0.2, -0.15) is 0 Å². The van der Waals surface area contributed by atoms with E-state index in [4.69, 9.17) is 14.2 Å². The van der Waals surface area contributed by atoms with Crippen LogP contribution in [0.3, 0.4) is 0 Å². The molecule has 9 nitrogen and oxygen atoms in total. The van der Waals surface area contributed by atoms with Crippen molar-refractivity contribution in [1.82, 2.24) is 4.90 Å². The van der Waals surface area contributed by atoms with Gasteiger partial charge >= 0.3 is 0 Å². The average molecular weight is 470 g/mol. The Hall–Kier alpha value is -3.75. The lowest BCUT2D eigenvalue weighted by atomic mass is 10.1. The topological polar surface area (TPSA) is 106 Å². The molecule has 0 aromatic heterocycles. The van der Waals surface area contributed by atoms with Crippen LogP contribution in [0, 0.1) is 5.92 Å². The number of hydrogen-bond donors (Lipinski definition) is 2. The highest BCUT2D eigenvalue weighted by Gasteiger charge is 2.33. The lowest BCUT2D eigenvalue weighted by Crippen LogP contribution is -2.29. The van der Waals surface area contributed by atoms with Gasteiger partial charge in [0, 0.05) is 48.6 Å². The minimum atomic E-state index is -0.368. The smallest absolute Gasteiger partial charge is 0.255 e. The molecule has 0 aliphatic carbocycles. The molecule has 3 rings (SSSR count). The van der Waals surface area contributed by atoms with E-state index in [9.17, 15) is 14.4 Å². The molecule has 2 aromatic rings. The van der Waals surface area contributed by atoms with Gasteiger partial charge in [0.2, 0.25) is 17.6 Å². The van der Waals surface area contributed by atoms with Gasteiger partial charge in [-0.15, -0.1) is 0 Å². The average Bonchev–Trinajstić information content (AvgIpc) is 3.22. The summed E-state index contributed by atoms with van der Waals surface area (Å²) in [4.78, 5) is 39.2. The normalized spacial score (nSPS) is 15.1. The Labute approximate surface area is 199 Å². The molecule has 9 heteroatoms. The largest absolute Gasteiger partial charge is 0.493 e. The molecule has 1 saturated heterocycles. The van der Waals surface area contributed by atoms with Gasteiger partial charge in [0.1, 0.15) is 0 Å². The van der Waals surface area contributed by atoms with Crippen molar-refractivity contribution in [1.29, 1.82) is 0 Å². The number of rotatable bonds is 10. The molecule has 2 N–H and O–H groups in total. The second kappa shape index (κ2) is 11.4. The first-order valence-electron chi connectivity index (χ1n) is 11.2. The molecule has 0 bridgehead atoms. The third-order valence-electron chi connectivity index (χ3n) is 5.70. The molecule has 1 fully saturated rings. The number of unbranched alkanes of at least 4 members (excludes halogenated alkanes) is 1. The number of anilines is 2. The molecule has 0 spiro atoms. The van der Waals surface area contributed by atoms with E-state index in [0.29, 0.717) is 47.3 Å². The van der Waals surface area contributed by atoms with E-state index in [0.717, 1.165) is 12.8 Å². The van der Waals surface area contributed by atoms with Crippen LogP contribution in [0.2, 0.25) is 0 Å². The summed E-state index contributed by atoms with van der Waals surface area (Å²) in [5.41, 5.74) is 1.46. The van der Waals surface area contributed by atoms with E-state index in [1.807, 2.05) is 0 Å². The van der Waals surface area contributed by atoms with Crippen LogP contribution in [0.4, 0.5) is 11.4 Å². The standard InChI is InChI=1S/C25H31N3O6/c1-5-6-11-28-15-17(12-22(28)29)25(31)26-18-9-7-16(8-10-18)24(30)27-19-13-20(32-2)23(34-4)21(14-19)33-3/h7-10,13-14,17H,5-6,11-12,15H2,1-4H3,(H,26,31)(H,27,30). The summed E-state index contributed by atoms with van der Waals surface area (Å²) in [6, 6.07) is 9.84. The van der Waals surface area contributed by atoms with E-state index in [2.05, 4.69) is 17.6 Å². The predicted molar refractivity (Wildman–Crippen MR) is 129 cm³/mol. The van der Waals surface area contributed by atoms with Crippen LogP contribution in [0.15, 0.2) is 36.4 Å². The van der Waals surface area contributed by atoms with Gasteiger partial charge in [0.05, 0.1) is 27.2 Å². The van der Waals surface area contributed by atoms with Crippen LogP contribution in [-0.2, 0) is 9.59 Å². The molecule has 1 unspecified atom stereocenters. The Morgan fingerprint density at radius 1 is 0.971 bits per heavy atom. The van der Waals surface area contributed by atoms with Crippen molar-refractivity contribution in [2.45, 2.75) is 26.2 Å². The molecular formula is C25H31N3O6. The zero-order chi connectivity index (χ0) is 24.7. The molecule has 0 radical (unpaired) electrons. The monoisotopic (exact) mass is 469 g/mol. The van der Waals surface area contributed by atoms with Crippen LogP contribution in [0.25, 0.3) is 0 Å². The summed E-state index contributed by atoms with van der Waals surface area (Å²) < 4.78 is 15.9. The summed E-state index contributed by atoms with van der Waals surface area (Å²) >= 11 is 0. The van der Waals surface area contributed by atoms with Crippen molar-refractivity contribution in [3.63, 3.8) is 0 Å². The number of amides is 3. The summed E-state index contributed by atoms with van der Waals surface area (Å²) in [6.45, 7) is 3.20. The van der Waals surface area contributed by atoms with E-state index in [1.54, 1.807) is 41.3 Å². The lowest BCUT2D eigenvalue weighted by Gasteiger charge is -2.16. The zero-order valence-electron chi connectivity index (χ0n) is 20.0. The van der Waals surface area contributed by atoms with Crippen molar-refractivity contribution < 1.29 is 28.6 Å². The highest BCUT2D eigenvalue weighted by atomic mass is 16.5. The minimum Gasteiger partial charge on any atom is -0.493 e. The maximum Gasteiger partial charge on any atom is 0.255 e. The predicted octanol–water partition coefficient (Wildman–Crippen LogP) is 3.55. The summed E-state index contributed by atoms with van der Waals surface area (Å²) in [5.74, 6) is 0.408. The van der Waals surface area contributed by atoms with Crippen molar-refractivity contribution in [2.24, 2.45) is 5.92 Å². The molecule has 1 aliphatic rings. The van der Waals surface area contributed by atoms with Gasteiger partial charge < -0.3 is 29.7 Å². The van der Waals surface area contributed by atoms with Crippen molar-refractivity contribution in [3.05, 3.63) is 42.0 Å². The van der Waals surface area contributed by atoms with Gasteiger partial charge in [-0.1, -0.05) is 13.3 Å². The van der Waals surface area contributed by atoms with Crippen LogP contribution >= 0.6 is 0 Å². The Morgan fingerprint density at radius 2 is 1.62 bits per heavy atom. The van der Waals surface area contributed by atoms with E-state index in [-0.39, 0.29) is 30.1 Å². The first-order valence-corrected chi connectivity index (χ1v) is 11.2. The molecule has 1 aliphatic heterocycles. The maximum atomic E-state index is 12.7. The second-order valence-corrected chi connectivity index (χ2v) is 8.03. The summed E-state index contributed by atoms with van der Waals surface area (Å²) in [5, 5.41) is 5.65. The van der Waals surface area contributed by atoms with Crippen molar-refractivity contribution in [2.75, 3.05) is 45.1 Å². The van der Waals surface area contributed by atoms with Gasteiger partial charge in [-0.3, -0.25) is 14.4 Å². The fraction of sp³-hybridized carbons (Fsp3) is 0.400. The third kappa shape index (κ3) is 5.78. The Bertz CT molecular complexity index is 1010.